The lowest BCUT2D eigenvalue weighted by atomic mass is 9.83. The van der Waals surface area contributed by atoms with E-state index >= 15 is 0 Å². The lowest BCUT2D eigenvalue weighted by molar-refractivity contribution is -0.212. The summed E-state index contributed by atoms with van der Waals surface area (Å²) in [6.07, 6.45) is 6.59. The van der Waals surface area contributed by atoms with Crippen LogP contribution in [0.5, 0.6) is 0 Å². The molecule has 2 aliphatic heterocycles. The SMILES string of the molecule is CCC1OC(=O)[C@H](C)C(O[C@@H]2CC=C[C@H](C)O2)[C@@H](C)C[C@@H](C)C(=O)CC[C@H]1C. The maximum atomic E-state index is 12.9. The van der Waals surface area contributed by atoms with E-state index in [-0.39, 0.29) is 54.1 Å². The maximum absolute atomic E-state index is 12.9. The van der Waals surface area contributed by atoms with Gasteiger partial charge in [-0.2, -0.15) is 0 Å². The van der Waals surface area contributed by atoms with E-state index in [0.29, 0.717) is 19.3 Å². The molecule has 0 aromatic rings. The van der Waals surface area contributed by atoms with Crippen molar-refractivity contribution in [1.29, 1.82) is 0 Å². The first-order valence-electron chi connectivity index (χ1n) is 10.9. The predicted octanol–water partition coefficient (Wildman–Crippen LogP) is 4.68. The number of ether oxygens (including phenoxy) is 3. The molecule has 5 heteroatoms. The summed E-state index contributed by atoms with van der Waals surface area (Å²) in [5.74, 6) is -0.166. The Balaban J connectivity index is 2.22. The fraction of sp³-hybridized carbons (Fsp3) is 0.826. The summed E-state index contributed by atoms with van der Waals surface area (Å²) < 4.78 is 18.0. The topological polar surface area (TPSA) is 61.8 Å². The van der Waals surface area contributed by atoms with E-state index in [1.807, 2.05) is 33.8 Å². The number of carbonyl (C=O) groups excluding carboxylic acids is 2. The Kier molecular flexibility index (Phi) is 8.69. The smallest absolute Gasteiger partial charge is 0.311 e. The third kappa shape index (κ3) is 6.15. The monoisotopic (exact) mass is 394 g/mol. The van der Waals surface area contributed by atoms with Crippen LogP contribution in [0, 0.1) is 23.7 Å². The summed E-state index contributed by atoms with van der Waals surface area (Å²) in [5, 5.41) is 0. The van der Waals surface area contributed by atoms with E-state index in [9.17, 15) is 9.59 Å². The molecule has 1 fully saturated rings. The van der Waals surface area contributed by atoms with Gasteiger partial charge in [0.2, 0.25) is 0 Å². The van der Waals surface area contributed by atoms with E-state index in [4.69, 9.17) is 14.2 Å². The highest BCUT2D eigenvalue weighted by Crippen LogP contribution is 2.31. The number of carbonyl (C=O) groups is 2. The average molecular weight is 395 g/mol. The summed E-state index contributed by atoms with van der Waals surface area (Å²) in [6, 6.07) is 0. The van der Waals surface area contributed by atoms with Gasteiger partial charge in [0.05, 0.1) is 18.1 Å². The Morgan fingerprint density at radius 2 is 1.82 bits per heavy atom. The van der Waals surface area contributed by atoms with E-state index in [1.54, 1.807) is 0 Å². The van der Waals surface area contributed by atoms with Crippen LogP contribution in [-0.4, -0.2) is 36.4 Å². The summed E-state index contributed by atoms with van der Waals surface area (Å²) >= 11 is 0. The van der Waals surface area contributed by atoms with Gasteiger partial charge in [-0.15, -0.1) is 0 Å². The molecule has 2 heterocycles. The molecule has 0 aromatic carbocycles. The lowest BCUT2D eigenvalue weighted by Gasteiger charge is -2.36. The van der Waals surface area contributed by atoms with Gasteiger partial charge in [0, 0.05) is 18.8 Å². The van der Waals surface area contributed by atoms with Gasteiger partial charge in [-0.1, -0.05) is 39.8 Å². The Bertz CT molecular complexity index is 557. The van der Waals surface area contributed by atoms with Gasteiger partial charge in [-0.3, -0.25) is 9.59 Å². The largest absolute Gasteiger partial charge is 0.462 e. The quantitative estimate of drug-likeness (QED) is 0.514. The Hall–Kier alpha value is -1.20. The molecule has 2 unspecified atom stereocenters. The number of hydrogen-bond acceptors (Lipinski definition) is 5. The molecule has 28 heavy (non-hydrogen) atoms. The normalized spacial score (nSPS) is 41.1. The second kappa shape index (κ2) is 10.5. The zero-order valence-corrected chi connectivity index (χ0v) is 18.4. The van der Waals surface area contributed by atoms with Gasteiger partial charge in [-0.05, 0) is 44.9 Å². The summed E-state index contributed by atoms with van der Waals surface area (Å²) in [6.45, 7) is 12.0. The van der Waals surface area contributed by atoms with Crippen LogP contribution in [0.4, 0.5) is 0 Å². The van der Waals surface area contributed by atoms with Crippen molar-refractivity contribution in [3.63, 3.8) is 0 Å². The predicted molar refractivity (Wildman–Crippen MR) is 109 cm³/mol. The van der Waals surface area contributed by atoms with E-state index in [0.717, 1.165) is 12.8 Å². The van der Waals surface area contributed by atoms with E-state index in [1.165, 1.54) is 0 Å². The Morgan fingerprint density at radius 1 is 1.11 bits per heavy atom. The first kappa shape index (κ1) is 23.1. The van der Waals surface area contributed by atoms with Gasteiger partial charge < -0.3 is 14.2 Å². The van der Waals surface area contributed by atoms with Crippen molar-refractivity contribution in [2.24, 2.45) is 23.7 Å². The molecule has 8 atom stereocenters. The number of cyclic esters (lactones) is 1. The molecule has 0 radical (unpaired) electrons. The van der Waals surface area contributed by atoms with Crippen LogP contribution in [0.15, 0.2) is 12.2 Å². The zero-order valence-electron chi connectivity index (χ0n) is 18.4. The zero-order chi connectivity index (χ0) is 20.8. The van der Waals surface area contributed by atoms with Crippen molar-refractivity contribution in [2.45, 2.75) is 98.2 Å². The van der Waals surface area contributed by atoms with Crippen molar-refractivity contribution in [3.8, 4) is 0 Å². The van der Waals surface area contributed by atoms with E-state index in [2.05, 4.69) is 19.9 Å². The van der Waals surface area contributed by atoms with Crippen molar-refractivity contribution in [2.75, 3.05) is 0 Å². The molecule has 0 saturated carbocycles. The highest BCUT2D eigenvalue weighted by atomic mass is 16.7. The summed E-state index contributed by atoms with van der Waals surface area (Å²) in [5.41, 5.74) is 0. The second-order valence-corrected chi connectivity index (χ2v) is 8.80. The van der Waals surface area contributed by atoms with Crippen molar-refractivity contribution >= 4 is 11.8 Å². The van der Waals surface area contributed by atoms with Crippen LogP contribution in [0.3, 0.4) is 0 Å². The number of Topliss-reactive ketones (excluding diaryl/α,β-unsaturated/α-hetero) is 1. The molecule has 2 rings (SSSR count). The Labute approximate surface area is 170 Å². The van der Waals surface area contributed by atoms with Crippen LogP contribution in [-0.2, 0) is 23.8 Å². The molecule has 0 bridgehead atoms. The van der Waals surface area contributed by atoms with Crippen LogP contribution >= 0.6 is 0 Å². The molecule has 0 spiro atoms. The van der Waals surface area contributed by atoms with Crippen molar-refractivity contribution < 1.29 is 23.8 Å². The average Bonchev–Trinajstić information content (AvgIpc) is 2.66. The third-order valence-electron chi connectivity index (χ3n) is 6.26. The fourth-order valence-corrected chi connectivity index (χ4v) is 4.35. The van der Waals surface area contributed by atoms with Crippen molar-refractivity contribution in [3.05, 3.63) is 12.2 Å². The molecule has 1 saturated heterocycles. The van der Waals surface area contributed by atoms with Gasteiger partial charge in [0.15, 0.2) is 6.29 Å². The van der Waals surface area contributed by atoms with Crippen LogP contribution in [0.25, 0.3) is 0 Å². The minimum Gasteiger partial charge on any atom is -0.462 e. The minimum absolute atomic E-state index is 0.00613. The molecule has 0 amide bonds. The van der Waals surface area contributed by atoms with Gasteiger partial charge in [0.1, 0.15) is 11.9 Å². The second-order valence-electron chi connectivity index (χ2n) is 8.80. The van der Waals surface area contributed by atoms with Crippen LogP contribution < -0.4 is 0 Å². The molecule has 0 N–H and O–H groups in total. The number of hydrogen-bond donors (Lipinski definition) is 0. The van der Waals surface area contributed by atoms with Gasteiger partial charge in [-0.25, -0.2) is 0 Å². The standard InChI is InChI=1S/C23H38O5/c1-7-20-14(2)11-12-19(24)15(3)13-16(4)22(18(6)23(25)27-20)28-21-10-8-9-17(5)26-21/h8-9,14-18,20-22H,7,10-13H2,1-6H3/t14-,15-,16+,17+,18-,20?,21-,22?/m1/s1. The number of rotatable bonds is 3. The first-order valence-corrected chi connectivity index (χ1v) is 10.9. The molecule has 0 aliphatic carbocycles. The molecule has 2 aliphatic rings. The van der Waals surface area contributed by atoms with Gasteiger partial charge >= 0.3 is 5.97 Å². The summed E-state index contributed by atoms with van der Waals surface area (Å²) in [7, 11) is 0. The summed E-state index contributed by atoms with van der Waals surface area (Å²) in [4.78, 5) is 25.5. The first-order chi connectivity index (χ1) is 13.2. The van der Waals surface area contributed by atoms with E-state index < -0.39 is 5.92 Å². The number of esters is 1. The Morgan fingerprint density at radius 3 is 2.46 bits per heavy atom. The lowest BCUT2D eigenvalue weighted by Crippen LogP contribution is -2.42. The molecular formula is C23H38O5. The molecule has 5 nitrogen and oxygen atoms in total. The highest BCUT2D eigenvalue weighted by Gasteiger charge is 2.37. The highest BCUT2D eigenvalue weighted by molar-refractivity contribution is 5.80. The molecule has 160 valence electrons. The maximum Gasteiger partial charge on any atom is 0.311 e. The van der Waals surface area contributed by atoms with Crippen molar-refractivity contribution in [1.82, 2.24) is 0 Å². The molecular weight excluding hydrogens is 356 g/mol. The number of ketones is 1. The molecule has 0 aromatic heterocycles. The fourth-order valence-electron chi connectivity index (χ4n) is 4.35. The van der Waals surface area contributed by atoms with Crippen LogP contribution in [0.1, 0.15) is 73.6 Å². The minimum atomic E-state index is -0.414. The third-order valence-corrected chi connectivity index (χ3v) is 6.26. The van der Waals surface area contributed by atoms with Crippen LogP contribution in [0.2, 0.25) is 0 Å². The van der Waals surface area contributed by atoms with Gasteiger partial charge in [0.25, 0.3) is 0 Å².